The van der Waals surface area contributed by atoms with Gasteiger partial charge in [0.15, 0.2) is 0 Å². The summed E-state index contributed by atoms with van der Waals surface area (Å²) >= 11 is 0. The molecule has 0 aliphatic rings. The maximum absolute atomic E-state index is 14.1. The van der Waals surface area contributed by atoms with Gasteiger partial charge in [-0.2, -0.15) is 0 Å². The molecule has 7 nitrogen and oxygen atoms in total. The van der Waals surface area contributed by atoms with E-state index in [9.17, 15) is 18.0 Å². The number of hydrogen-bond donors (Lipinski definition) is 1. The van der Waals surface area contributed by atoms with Crippen molar-refractivity contribution in [3.8, 4) is 0 Å². The molecule has 0 saturated heterocycles. The molecule has 0 radical (unpaired) electrons. The molecule has 2 amide bonds. The number of amides is 2. The number of nitrogens with zero attached hydrogens (tertiary/aromatic N) is 2. The van der Waals surface area contributed by atoms with Crippen LogP contribution in [0.5, 0.6) is 0 Å². The van der Waals surface area contributed by atoms with Gasteiger partial charge in [0.1, 0.15) is 12.6 Å². The van der Waals surface area contributed by atoms with E-state index in [0.29, 0.717) is 12.1 Å². The van der Waals surface area contributed by atoms with E-state index in [2.05, 4.69) is 5.32 Å². The number of hydrogen-bond acceptors (Lipinski definition) is 4. The first-order chi connectivity index (χ1) is 18.5. The van der Waals surface area contributed by atoms with Gasteiger partial charge in [-0.3, -0.25) is 13.9 Å². The summed E-state index contributed by atoms with van der Waals surface area (Å²) < 4.78 is 27.2. The average Bonchev–Trinajstić information content (AvgIpc) is 2.90. The van der Waals surface area contributed by atoms with E-state index in [1.54, 1.807) is 0 Å². The predicted molar refractivity (Wildman–Crippen MR) is 157 cm³/mol. The minimum atomic E-state index is -3.81. The van der Waals surface area contributed by atoms with Gasteiger partial charge in [-0.25, -0.2) is 8.42 Å². The van der Waals surface area contributed by atoms with Crippen LogP contribution in [0.2, 0.25) is 0 Å². The van der Waals surface area contributed by atoms with E-state index in [-0.39, 0.29) is 18.5 Å². The normalized spacial score (nSPS) is 12.8. The Labute approximate surface area is 232 Å². The summed E-state index contributed by atoms with van der Waals surface area (Å²) in [5.41, 5.74) is 3.73. The second kappa shape index (κ2) is 13.4. The maximum atomic E-state index is 14.1. The van der Waals surface area contributed by atoms with Gasteiger partial charge in [-0.15, -0.1) is 0 Å². The summed E-state index contributed by atoms with van der Waals surface area (Å²) in [5, 5.41) is 3.04. The maximum Gasteiger partial charge on any atom is 0.244 e. The Bertz CT molecular complexity index is 1340. The van der Waals surface area contributed by atoms with E-state index in [4.69, 9.17) is 0 Å². The Morgan fingerprint density at radius 3 is 1.90 bits per heavy atom. The minimum Gasteiger partial charge on any atom is -0.352 e. The van der Waals surface area contributed by atoms with Crippen LogP contribution < -0.4 is 9.62 Å². The lowest BCUT2D eigenvalue weighted by Crippen LogP contribution is -2.54. The lowest BCUT2D eigenvalue weighted by atomic mass is 10.0. The Kier molecular flexibility index (Phi) is 10.3. The summed E-state index contributed by atoms with van der Waals surface area (Å²) in [6, 6.07) is 23.6. The van der Waals surface area contributed by atoms with Crippen molar-refractivity contribution < 1.29 is 18.0 Å². The number of rotatable bonds is 12. The molecular formula is C31H39N3O4S. The summed E-state index contributed by atoms with van der Waals surface area (Å²) in [5.74, 6) is -0.720. The van der Waals surface area contributed by atoms with Crippen LogP contribution >= 0.6 is 0 Å². The van der Waals surface area contributed by atoms with Crippen molar-refractivity contribution in [1.29, 1.82) is 0 Å². The molecule has 0 aliphatic heterocycles. The molecular weight excluding hydrogens is 510 g/mol. The minimum absolute atomic E-state index is 0.0772. The molecule has 0 bridgehead atoms. The Hall–Kier alpha value is -3.65. The summed E-state index contributed by atoms with van der Waals surface area (Å²) in [6.45, 7) is 7.30. The van der Waals surface area contributed by atoms with Crippen LogP contribution in [0.1, 0.15) is 42.5 Å². The molecule has 0 aromatic heterocycles. The van der Waals surface area contributed by atoms with Crippen molar-refractivity contribution in [2.75, 3.05) is 17.1 Å². The van der Waals surface area contributed by atoms with E-state index < -0.39 is 28.5 Å². The second-order valence-corrected chi connectivity index (χ2v) is 11.9. The SMILES string of the molecule is CC[C@H](C)NC(=O)[C@H](Cc1ccccc1)N(Cc1ccccc1)C(=O)CN(c1c(C)cccc1C)S(C)(=O)=O. The molecule has 0 aliphatic carbocycles. The lowest BCUT2D eigenvalue weighted by Gasteiger charge is -2.34. The number of carbonyl (C=O) groups excluding carboxylic acids is 2. The van der Waals surface area contributed by atoms with E-state index in [1.165, 1.54) is 4.90 Å². The van der Waals surface area contributed by atoms with Crippen molar-refractivity contribution in [1.82, 2.24) is 10.2 Å². The van der Waals surface area contributed by atoms with Crippen molar-refractivity contribution in [3.63, 3.8) is 0 Å². The Balaban J connectivity index is 2.07. The molecule has 3 rings (SSSR count). The zero-order valence-corrected chi connectivity index (χ0v) is 24.2. The fourth-order valence-corrected chi connectivity index (χ4v) is 5.51. The van der Waals surface area contributed by atoms with Crippen LogP contribution in [-0.2, 0) is 32.6 Å². The third kappa shape index (κ3) is 8.17. The predicted octanol–water partition coefficient (Wildman–Crippen LogP) is 4.62. The van der Waals surface area contributed by atoms with Crippen LogP contribution in [-0.4, -0.2) is 50.0 Å². The third-order valence-corrected chi connectivity index (χ3v) is 7.95. The third-order valence-electron chi connectivity index (χ3n) is 6.84. The van der Waals surface area contributed by atoms with Crippen molar-refractivity contribution in [3.05, 3.63) is 101 Å². The zero-order chi connectivity index (χ0) is 28.6. The molecule has 3 aromatic rings. The molecule has 8 heteroatoms. The van der Waals surface area contributed by atoms with Gasteiger partial charge in [-0.1, -0.05) is 85.8 Å². The van der Waals surface area contributed by atoms with Crippen molar-refractivity contribution >= 4 is 27.5 Å². The lowest BCUT2D eigenvalue weighted by molar-refractivity contribution is -0.140. The largest absolute Gasteiger partial charge is 0.352 e. The molecule has 39 heavy (non-hydrogen) atoms. The van der Waals surface area contributed by atoms with Crippen LogP contribution in [0.25, 0.3) is 0 Å². The van der Waals surface area contributed by atoms with Crippen LogP contribution in [0.4, 0.5) is 5.69 Å². The summed E-state index contributed by atoms with van der Waals surface area (Å²) in [6.07, 6.45) is 2.14. The smallest absolute Gasteiger partial charge is 0.244 e. The standard InChI is InChI=1S/C31H39N3O4S/c1-6-25(4)32-31(36)28(20-26-16-9-7-10-17-26)33(21-27-18-11-8-12-19-27)29(35)22-34(39(5,37)38)30-23(2)14-13-15-24(30)3/h7-19,25,28H,6,20-22H2,1-5H3,(H,32,36)/t25-,28-/m0/s1. The highest BCUT2D eigenvalue weighted by molar-refractivity contribution is 7.92. The van der Waals surface area contributed by atoms with Gasteiger partial charge >= 0.3 is 0 Å². The molecule has 0 saturated carbocycles. The van der Waals surface area contributed by atoms with Gasteiger partial charge in [0.05, 0.1) is 11.9 Å². The highest BCUT2D eigenvalue weighted by Gasteiger charge is 2.34. The Morgan fingerprint density at radius 1 is 0.846 bits per heavy atom. The first-order valence-corrected chi connectivity index (χ1v) is 15.1. The fraction of sp³-hybridized carbons (Fsp3) is 0.355. The number of para-hydroxylation sites is 1. The second-order valence-electron chi connectivity index (χ2n) is 10.0. The van der Waals surface area contributed by atoms with Crippen molar-refractivity contribution in [2.45, 2.75) is 59.2 Å². The summed E-state index contributed by atoms with van der Waals surface area (Å²) in [7, 11) is -3.81. The molecule has 0 fully saturated rings. The molecule has 0 heterocycles. The van der Waals surface area contributed by atoms with Crippen LogP contribution in [0.15, 0.2) is 78.9 Å². The molecule has 208 valence electrons. The van der Waals surface area contributed by atoms with E-state index >= 15 is 0 Å². The molecule has 0 unspecified atom stereocenters. The van der Waals surface area contributed by atoms with Gasteiger partial charge < -0.3 is 10.2 Å². The topological polar surface area (TPSA) is 86.8 Å². The van der Waals surface area contributed by atoms with Crippen LogP contribution in [0.3, 0.4) is 0 Å². The van der Waals surface area contributed by atoms with Gasteiger partial charge in [-0.05, 0) is 49.4 Å². The van der Waals surface area contributed by atoms with Gasteiger partial charge in [0.2, 0.25) is 21.8 Å². The fourth-order valence-electron chi connectivity index (χ4n) is 4.55. The van der Waals surface area contributed by atoms with Gasteiger partial charge in [0, 0.05) is 19.0 Å². The van der Waals surface area contributed by atoms with Crippen molar-refractivity contribution in [2.24, 2.45) is 0 Å². The highest BCUT2D eigenvalue weighted by atomic mass is 32.2. The van der Waals surface area contributed by atoms with Crippen LogP contribution in [0, 0.1) is 13.8 Å². The zero-order valence-electron chi connectivity index (χ0n) is 23.4. The number of anilines is 1. The molecule has 1 N–H and O–H groups in total. The quantitative estimate of drug-likeness (QED) is 0.357. The number of benzene rings is 3. The Morgan fingerprint density at radius 2 is 1.38 bits per heavy atom. The number of sulfonamides is 1. The van der Waals surface area contributed by atoms with E-state index in [1.807, 2.05) is 107 Å². The van der Waals surface area contributed by atoms with E-state index in [0.717, 1.165) is 39.2 Å². The molecule has 3 aromatic carbocycles. The average molecular weight is 550 g/mol. The molecule has 2 atom stereocenters. The first-order valence-electron chi connectivity index (χ1n) is 13.2. The number of carbonyl (C=O) groups is 2. The van der Waals surface area contributed by atoms with Gasteiger partial charge in [0.25, 0.3) is 0 Å². The number of aryl methyl sites for hydroxylation is 2. The first kappa shape index (κ1) is 29.9. The highest BCUT2D eigenvalue weighted by Crippen LogP contribution is 2.27. The summed E-state index contributed by atoms with van der Waals surface area (Å²) in [4.78, 5) is 29.3. The molecule has 0 spiro atoms. The number of nitrogens with one attached hydrogen (secondary N) is 1. The monoisotopic (exact) mass is 549 g/mol.